The molecular formula is C29H23F5. The van der Waals surface area contributed by atoms with Gasteiger partial charge in [-0.3, -0.25) is 0 Å². The molecule has 4 rings (SSSR count). The molecule has 0 atom stereocenters. The second kappa shape index (κ2) is 9.90. The molecule has 34 heavy (non-hydrogen) atoms. The van der Waals surface area contributed by atoms with Crippen molar-refractivity contribution in [2.45, 2.75) is 44.7 Å². The van der Waals surface area contributed by atoms with E-state index in [-0.39, 0.29) is 11.1 Å². The summed E-state index contributed by atoms with van der Waals surface area (Å²) >= 11 is 0. The first-order chi connectivity index (χ1) is 16.2. The Morgan fingerprint density at radius 2 is 1.65 bits per heavy atom. The fourth-order valence-electron chi connectivity index (χ4n) is 4.54. The minimum absolute atomic E-state index is 0.0385. The maximum absolute atomic E-state index is 15.0. The van der Waals surface area contributed by atoms with Crippen LogP contribution in [0.3, 0.4) is 0 Å². The van der Waals surface area contributed by atoms with Crippen molar-refractivity contribution in [2.75, 3.05) is 0 Å². The summed E-state index contributed by atoms with van der Waals surface area (Å²) in [5.74, 6) is 7.19. The molecule has 0 nitrogen and oxygen atoms in total. The first-order valence-corrected chi connectivity index (χ1v) is 11.3. The van der Waals surface area contributed by atoms with E-state index in [0.717, 1.165) is 55.5 Å². The predicted octanol–water partition coefficient (Wildman–Crippen LogP) is 7.91. The maximum Gasteiger partial charge on any atom is 0.419 e. The van der Waals surface area contributed by atoms with Gasteiger partial charge in [0.1, 0.15) is 11.6 Å². The van der Waals surface area contributed by atoms with E-state index in [0.29, 0.717) is 29.4 Å². The van der Waals surface area contributed by atoms with Crippen molar-refractivity contribution >= 4 is 10.8 Å². The Morgan fingerprint density at radius 1 is 0.882 bits per heavy atom. The SMILES string of the molecule is C#CC1CCC(CCc2ccc3c(F)c(C#Cc4ccc(C(F)(F)F)c(F)c4)ccc3c2)CC1. The molecule has 0 heterocycles. The van der Waals surface area contributed by atoms with Gasteiger partial charge in [0.25, 0.3) is 0 Å². The Kier molecular flexibility index (Phi) is 6.94. The number of rotatable bonds is 3. The average Bonchev–Trinajstić information content (AvgIpc) is 2.82. The molecule has 1 saturated carbocycles. The quantitative estimate of drug-likeness (QED) is 0.272. The molecule has 0 bridgehead atoms. The molecule has 0 aromatic heterocycles. The van der Waals surface area contributed by atoms with Gasteiger partial charge in [-0.15, -0.1) is 12.3 Å². The smallest absolute Gasteiger partial charge is 0.206 e. The van der Waals surface area contributed by atoms with Crippen LogP contribution in [0.15, 0.2) is 48.5 Å². The van der Waals surface area contributed by atoms with Gasteiger partial charge in [-0.2, -0.15) is 13.2 Å². The fourth-order valence-corrected chi connectivity index (χ4v) is 4.54. The summed E-state index contributed by atoms with van der Waals surface area (Å²) < 4.78 is 66.8. The summed E-state index contributed by atoms with van der Waals surface area (Å²) in [5.41, 5.74) is -0.0709. The third kappa shape index (κ3) is 5.42. The van der Waals surface area contributed by atoms with Gasteiger partial charge in [-0.25, -0.2) is 8.78 Å². The number of aryl methyl sites for hydroxylation is 1. The van der Waals surface area contributed by atoms with Crippen LogP contribution in [0.4, 0.5) is 22.0 Å². The van der Waals surface area contributed by atoms with E-state index in [1.165, 1.54) is 6.07 Å². The topological polar surface area (TPSA) is 0 Å². The Morgan fingerprint density at radius 3 is 2.32 bits per heavy atom. The molecule has 1 fully saturated rings. The summed E-state index contributed by atoms with van der Waals surface area (Å²) in [6.45, 7) is 0. The molecule has 0 unspecified atom stereocenters. The van der Waals surface area contributed by atoms with Gasteiger partial charge in [0.15, 0.2) is 0 Å². The molecule has 1 aliphatic rings. The van der Waals surface area contributed by atoms with Crippen LogP contribution in [-0.2, 0) is 12.6 Å². The third-order valence-corrected chi connectivity index (χ3v) is 6.56. The van der Waals surface area contributed by atoms with Crippen molar-refractivity contribution in [1.29, 1.82) is 0 Å². The summed E-state index contributed by atoms with van der Waals surface area (Å²) in [6.07, 6.45) is 7.24. The normalized spacial score (nSPS) is 18.2. The van der Waals surface area contributed by atoms with E-state index in [1.807, 2.05) is 12.1 Å². The minimum Gasteiger partial charge on any atom is -0.206 e. The van der Waals surface area contributed by atoms with Gasteiger partial charge >= 0.3 is 6.18 Å². The Hall–Kier alpha value is -3.31. The van der Waals surface area contributed by atoms with Gasteiger partial charge in [0, 0.05) is 16.9 Å². The largest absolute Gasteiger partial charge is 0.419 e. The van der Waals surface area contributed by atoms with Gasteiger partial charge < -0.3 is 0 Å². The second-order valence-corrected chi connectivity index (χ2v) is 8.85. The Bertz CT molecular complexity index is 1290. The number of alkyl halides is 3. The fraction of sp³-hybridized carbons (Fsp3) is 0.310. The lowest BCUT2D eigenvalue weighted by Gasteiger charge is -2.25. The van der Waals surface area contributed by atoms with Crippen LogP contribution in [0.25, 0.3) is 10.8 Å². The highest BCUT2D eigenvalue weighted by Gasteiger charge is 2.33. The van der Waals surface area contributed by atoms with Gasteiger partial charge in [-0.05, 0) is 79.7 Å². The zero-order chi connectivity index (χ0) is 24.3. The van der Waals surface area contributed by atoms with Crippen LogP contribution in [0.1, 0.15) is 54.4 Å². The van der Waals surface area contributed by atoms with Crippen molar-refractivity contribution < 1.29 is 22.0 Å². The van der Waals surface area contributed by atoms with Crippen LogP contribution in [0, 0.1) is 47.7 Å². The van der Waals surface area contributed by atoms with Crippen molar-refractivity contribution in [1.82, 2.24) is 0 Å². The van der Waals surface area contributed by atoms with Gasteiger partial charge in [0.2, 0.25) is 0 Å². The lowest BCUT2D eigenvalue weighted by Crippen LogP contribution is -2.13. The van der Waals surface area contributed by atoms with E-state index in [1.54, 1.807) is 12.1 Å². The number of hydrogen-bond acceptors (Lipinski definition) is 0. The van der Waals surface area contributed by atoms with E-state index in [2.05, 4.69) is 17.8 Å². The standard InChI is InChI=1S/C29H23F5/c1-2-19-3-5-20(6-4-19)7-8-21-10-15-25-24(17-21)14-13-23(28(25)31)12-9-22-11-16-26(27(30)18-22)29(32,33)34/h1,10-11,13-20H,3-8H2. The van der Waals surface area contributed by atoms with Crippen LogP contribution < -0.4 is 0 Å². The molecule has 0 saturated heterocycles. The van der Waals surface area contributed by atoms with E-state index >= 15 is 4.39 Å². The number of halogens is 5. The van der Waals surface area contributed by atoms with Crippen molar-refractivity contribution in [3.8, 4) is 24.2 Å². The first-order valence-electron chi connectivity index (χ1n) is 11.3. The number of benzene rings is 3. The van der Waals surface area contributed by atoms with Crippen molar-refractivity contribution in [3.63, 3.8) is 0 Å². The Balaban J connectivity index is 1.48. The summed E-state index contributed by atoms with van der Waals surface area (Å²) in [7, 11) is 0. The third-order valence-electron chi connectivity index (χ3n) is 6.56. The van der Waals surface area contributed by atoms with Crippen molar-refractivity contribution in [2.24, 2.45) is 11.8 Å². The van der Waals surface area contributed by atoms with Crippen LogP contribution in [0.2, 0.25) is 0 Å². The molecule has 0 aliphatic heterocycles. The van der Waals surface area contributed by atoms with Gasteiger partial charge in [-0.1, -0.05) is 36.1 Å². The molecule has 3 aromatic rings. The van der Waals surface area contributed by atoms with Crippen molar-refractivity contribution in [3.05, 3.63) is 82.4 Å². The lowest BCUT2D eigenvalue weighted by atomic mass is 9.80. The zero-order valence-corrected chi connectivity index (χ0v) is 18.5. The van der Waals surface area contributed by atoms with Crippen LogP contribution >= 0.6 is 0 Å². The Labute approximate surface area is 196 Å². The molecule has 3 aromatic carbocycles. The monoisotopic (exact) mass is 466 g/mol. The average molecular weight is 466 g/mol. The molecule has 0 spiro atoms. The minimum atomic E-state index is -4.78. The molecule has 0 radical (unpaired) electrons. The zero-order valence-electron chi connectivity index (χ0n) is 18.5. The van der Waals surface area contributed by atoms with Crippen LogP contribution in [-0.4, -0.2) is 0 Å². The highest BCUT2D eigenvalue weighted by Crippen LogP contribution is 2.33. The summed E-state index contributed by atoms with van der Waals surface area (Å²) in [5, 5.41) is 1.18. The van der Waals surface area contributed by atoms with E-state index < -0.39 is 23.4 Å². The van der Waals surface area contributed by atoms with Gasteiger partial charge in [0.05, 0.1) is 11.1 Å². The number of fused-ring (bicyclic) bond motifs is 1. The molecule has 0 amide bonds. The molecule has 0 N–H and O–H groups in total. The number of hydrogen-bond donors (Lipinski definition) is 0. The highest BCUT2D eigenvalue weighted by molar-refractivity contribution is 5.85. The highest BCUT2D eigenvalue weighted by atomic mass is 19.4. The molecule has 5 heteroatoms. The molecule has 174 valence electrons. The predicted molar refractivity (Wildman–Crippen MR) is 124 cm³/mol. The van der Waals surface area contributed by atoms with Crippen LogP contribution in [0.5, 0.6) is 0 Å². The summed E-state index contributed by atoms with van der Waals surface area (Å²) in [4.78, 5) is 0. The number of terminal acetylenes is 1. The van der Waals surface area contributed by atoms with E-state index in [4.69, 9.17) is 6.42 Å². The molecule has 1 aliphatic carbocycles. The first kappa shape index (κ1) is 23.8. The second-order valence-electron chi connectivity index (χ2n) is 8.85. The maximum atomic E-state index is 15.0. The molecular weight excluding hydrogens is 443 g/mol. The summed E-state index contributed by atoms with van der Waals surface area (Å²) in [6, 6.07) is 11.4. The lowest BCUT2D eigenvalue weighted by molar-refractivity contribution is -0.140. The van der Waals surface area contributed by atoms with E-state index in [9.17, 15) is 17.6 Å².